The number of likely N-dealkylation sites (N-methyl/N-ethyl adjacent to an activating group) is 1. The molecule has 0 unspecified atom stereocenters. The third-order valence-corrected chi connectivity index (χ3v) is 3.20. The van der Waals surface area contributed by atoms with Crippen molar-refractivity contribution in [2.24, 2.45) is 0 Å². The molecule has 0 bridgehead atoms. The largest absolute Gasteiger partial charge is 0.369 e. The third-order valence-electron chi connectivity index (χ3n) is 2.92. The molecule has 0 amide bonds. The highest BCUT2D eigenvalue weighted by molar-refractivity contribution is 6.31. The molecule has 3 heteroatoms. The van der Waals surface area contributed by atoms with Gasteiger partial charge in [-0.2, -0.15) is 0 Å². The lowest BCUT2D eigenvalue weighted by Crippen LogP contribution is -2.43. The Bertz CT molecular complexity index is 310. The minimum atomic E-state index is 0.843. The topological polar surface area (TPSA) is 6.48 Å². The molecule has 0 aromatic heterocycles. The second kappa shape index (κ2) is 4.86. The monoisotopic (exact) mass is 224 g/mol. The van der Waals surface area contributed by atoms with Gasteiger partial charge in [-0.3, -0.25) is 0 Å². The normalized spacial score (nSPS) is 23.5. The summed E-state index contributed by atoms with van der Waals surface area (Å²) in [6.45, 7) is 4.52. The van der Waals surface area contributed by atoms with Crippen LogP contribution in [-0.2, 0) is 0 Å². The van der Waals surface area contributed by atoms with Crippen LogP contribution >= 0.6 is 11.6 Å². The Labute approximate surface area is 96.5 Å². The molecule has 0 atom stereocenters. The molecular formula is C12H17ClN2. The van der Waals surface area contributed by atoms with Gasteiger partial charge in [-0.05, 0) is 25.6 Å². The van der Waals surface area contributed by atoms with Gasteiger partial charge in [0.05, 0.1) is 0 Å². The lowest BCUT2D eigenvalue weighted by molar-refractivity contribution is 0.190. The van der Waals surface area contributed by atoms with E-state index in [-0.39, 0.29) is 0 Å². The highest BCUT2D eigenvalue weighted by atomic mass is 35.5. The van der Waals surface area contributed by atoms with Crippen molar-refractivity contribution >= 4 is 11.6 Å². The predicted molar refractivity (Wildman–Crippen MR) is 64.8 cm³/mol. The minimum absolute atomic E-state index is 0.843. The Morgan fingerprint density at radius 3 is 2.53 bits per heavy atom. The fourth-order valence-corrected chi connectivity index (χ4v) is 2.04. The molecular weight excluding hydrogens is 208 g/mol. The fourth-order valence-electron chi connectivity index (χ4n) is 1.89. The summed E-state index contributed by atoms with van der Waals surface area (Å²) in [5.74, 6) is 0. The second-order valence-corrected chi connectivity index (χ2v) is 4.51. The summed E-state index contributed by atoms with van der Waals surface area (Å²) in [5.41, 5.74) is 1.31. The van der Waals surface area contributed by atoms with Gasteiger partial charge >= 0.3 is 0 Å². The Morgan fingerprint density at radius 1 is 1.07 bits per heavy atom. The van der Waals surface area contributed by atoms with Crippen molar-refractivity contribution in [3.63, 3.8) is 0 Å². The first kappa shape index (κ1) is 10.8. The van der Waals surface area contributed by atoms with Crippen LogP contribution in [0, 0.1) is 0 Å². The summed E-state index contributed by atoms with van der Waals surface area (Å²) in [5, 5.41) is 0.843. The van der Waals surface area contributed by atoms with Gasteiger partial charge in [0, 0.05) is 36.9 Å². The molecule has 0 saturated carbocycles. The molecule has 0 N–H and O–H groups in total. The minimum Gasteiger partial charge on any atom is -0.369 e. The van der Waals surface area contributed by atoms with Crippen LogP contribution in [0.4, 0.5) is 0 Å². The molecule has 1 aliphatic carbocycles. The first-order chi connectivity index (χ1) is 7.25. The van der Waals surface area contributed by atoms with Gasteiger partial charge < -0.3 is 9.80 Å². The molecule has 1 heterocycles. The van der Waals surface area contributed by atoms with E-state index in [2.05, 4.69) is 29.0 Å². The van der Waals surface area contributed by atoms with Crippen LogP contribution in [0.2, 0.25) is 0 Å². The SMILES string of the molecule is CN1CCN(C2=CCC=C(Cl)C=C2)CC1. The molecule has 0 radical (unpaired) electrons. The van der Waals surface area contributed by atoms with E-state index in [0.29, 0.717) is 0 Å². The maximum absolute atomic E-state index is 5.96. The van der Waals surface area contributed by atoms with Crippen molar-refractivity contribution < 1.29 is 0 Å². The summed E-state index contributed by atoms with van der Waals surface area (Å²) in [7, 11) is 2.17. The molecule has 82 valence electrons. The van der Waals surface area contributed by atoms with Crippen LogP contribution in [0.1, 0.15) is 6.42 Å². The molecule has 0 spiro atoms. The number of hydrogen-bond donors (Lipinski definition) is 0. The predicted octanol–water partition coefficient (Wildman–Crippen LogP) is 2.20. The van der Waals surface area contributed by atoms with Crippen LogP contribution in [0.25, 0.3) is 0 Å². The summed E-state index contributed by atoms with van der Waals surface area (Å²) in [6, 6.07) is 0. The second-order valence-electron chi connectivity index (χ2n) is 4.08. The smallest absolute Gasteiger partial charge is 0.0370 e. The molecule has 15 heavy (non-hydrogen) atoms. The maximum Gasteiger partial charge on any atom is 0.0370 e. The Morgan fingerprint density at radius 2 is 1.80 bits per heavy atom. The zero-order valence-corrected chi connectivity index (χ0v) is 9.87. The van der Waals surface area contributed by atoms with Crippen LogP contribution in [0.15, 0.2) is 35.0 Å². The molecule has 2 rings (SSSR count). The fraction of sp³-hybridized carbons (Fsp3) is 0.500. The molecule has 1 saturated heterocycles. The zero-order valence-electron chi connectivity index (χ0n) is 9.12. The lowest BCUT2D eigenvalue weighted by atomic mass is 10.2. The lowest BCUT2D eigenvalue weighted by Gasteiger charge is -2.34. The summed E-state index contributed by atoms with van der Waals surface area (Å²) < 4.78 is 0. The Balaban J connectivity index is 2.00. The summed E-state index contributed by atoms with van der Waals surface area (Å²) in [4.78, 5) is 4.79. The van der Waals surface area contributed by atoms with Gasteiger partial charge in [-0.1, -0.05) is 23.8 Å². The standard InChI is InChI=1S/C12H17ClN2/c1-14-7-9-15(10-8-14)12-4-2-3-11(13)5-6-12/h3-6H,2,7-10H2,1H3. The van der Waals surface area contributed by atoms with E-state index < -0.39 is 0 Å². The van der Waals surface area contributed by atoms with Crippen molar-refractivity contribution in [1.82, 2.24) is 9.80 Å². The van der Waals surface area contributed by atoms with E-state index in [9.17, 15) is 0 Å². The number of rotatable bonds is 1. The van der Waals surface area contributed by atoms with Crippen molar-refractivity contribution in [2.45, 2.75) is 6.42 Å². The molecule has 0 aromatic carbocycles. The first-order valence-corrected chi connectivity index (χ1v) is 5.81. The van der Waals surface area contributed by atoms with Crippen LogP contribution in [-0.4, -0.2) is 43.0 Å². The van der Waals surface area contributed by atoms with E-state index >= 15 is 0 Å². The quantitative estimate of drug-likeness (QED) is 0.674. The van der Waals surface area contributed by atoms with Gasteiger partial charge in [-0.15, -0.1) is 0 Å². The number of halogens is 1. The molecule has 1 aliphatic heterocycles. The van der Waals surface area contributed by atoms with Gasteiger partial charge in [0.15, 0.2) is 0 Å². The Kier molecular flexibility index (Phi) is 3.49. The average Bonchev–Trinajstić information content (AvgIpc) is 2.44. The van der Waals surface area contributed by atoms with Crippen molar-refractivity contribution in [3.05, 3.63) is 35.0 Å². The van der Waals surface area contributed by atoms with Crippen molar-refractivity contribution in [3.8, 4) is 0 Å². The highest BCUT2D eigenvalue weighted by Gasteiger charge is 2.14. The molecule has 2 nitrogen and oxygen atoms in total. The molecule has 2 aliphatic rings. The van der Waals surface area contributed by atoms with E-state index in [0.717, 1.165) is 37.6 Å². The van der Waals surface area contributed by atoms with E-state index in [4.69, 9.17) is 11.6 Å². The number of nitrogens with zero attached hydrogens (tertiary/aromatic N) is 2. The van der Waals surface area contributed by atoms with E-state index in [1.165, 1.54) is 5.70 Å². The highest BCUT2D eigenvalue weighted by Crippen LogP contribution is 2.17. The summed E-state index contributed by atoms with van der Waals surface area (Å²) in [6.07, 6.45) is 9.34. The molecule has 1 fully saturated rings. The zero-order chi connectivity index (χ0) is 10.7. The van der Waals surface area contributed by atoms with Crippen LogP contribution in [0.5, 0.6) is 0 Å². The molecule has 0 aromatic rings. The third kappa shape index (κ3) is 2.86. The number of hydrogen-bond acceptors (Lipinski definition) is 2. The van der Waals surface area contributed by atoms with Gasteiger partial charge in [0.2, 0.25) is 0 Å². The maximum atomic E-state index is 5.96. The van der Waals surface area contributed by atoms with Crippen molar-refractivity contribution in [1.29, 1.82) is 0 Å². The Hall–Kier alpha value is -0.730. The number of piperazine rings is 1. The first-order valence-electron chi connectivity index (χ1n) is 5.43. The summed E-state index contributed by atoms with van der Waals surface area (Å²) >= 11 is 5.96. The van der Waals surface area contributed by atoms with Crippen molar-refractivity contribution in [2.75, 3.05) is 33.2 Å². The number of allylic oxidation sites excluding steroid dienone is 5. The van der Waals surface area contributed by atoms with Gasteiger partial charge in [0.25, 0.3) is 0 Å². The average molecular weight is 225 g/mol. The van der Waals surface area contributed by atoms with Gasteiger partial charge in [0.1, 0.15) is 0 Å². The van der Waals surface area contributed by atoms with E-state index in [1.54, 1.807) is 0 Å². The van der Waals surface area contributed by atoms with E-state index in [1.807, 2.05) is 12.2 Å². The van der Waals surface area contributed by atoms with Crippen LogP contribution < -0.4 is 0 Å². The van der Waals surface area contributed by atoms with Gasteiger partial charge in [-0.25, -0.2) is 0 Å². The van der Waals surface area contributed by atoms with Crippen LogP contribution in [0.3, 0.4) is 0 Å².